The molecule has 0 saturated heterocycles. The Morgan fingerprint density at radius 1 is 1.10 bits per heavy atom. The van der Waals surface area contributed by atoms with Gasteiger partial charge in [-0.25, -0.2) is 8.78 Å². The van der Waals surface area contributed by atoms with E-state index in [0.717, 1.165) is 17.3 Å². The van der Waals surface area contributed by atoms with Crippen molar-refractivity contribution in [3.8, 4) is 0 Å². The molecule has 2 nitrogen and oxygen atoms in total. The van der Waals surface area contributed by atoms with Crippen LogP contribution in [0.25, 0.3) is 0 Å². The molecule has 2 aromatic carbocycles. The SMILES string of the molecule is CCC(Nc1ccc(CCO)cc1)c1ccc(F)cc1F. The summed E-state index contributed by atoms with van der Waals surface area (Å²) in [6, 6.07) is 11.1. The zero-order chi connectivity index (χ0) is 15.2. The number of nitrogens with one attached hydrogen (secondary N) is 1. The highest BCUT2D eigenvalue weighted by Crippen LogP contribution is 2.25. The largest absolute Gasteiger partial charge is 0.396 e. The van der Waals surface area contributed by atoms with Gasteiger partial charge in [-0.15, -0.1) is 0 Å². The summed E-state index contributed by atoms with van der Waals surface area (Å²) >= 11 is 0. The number of halogens is 2. The summed E-state index contributed by atoms with van der Waals surface area (Å²) in [6.45, 7) is 2.06. The van der Waals surface area contributed by atoms with Gasteiger partial charge in [0.25, 0.3) is 0 Å². The van der Waals surface area contributed by atoms with Gasteiger partial charge in [0.2, 0.25) is 0 Å². The Morgan fingerprint density at radius 2 is 1.81 bits per heavy atom. The third-order valence-corrected chi connectivity index (χ3v) is 3.44. The highest BCUT2D eigenvalue weighted by atomic mass is 19.1. The van der Waals surface area contributed by atoms with E-state index in [4.69, 9.17) is 5.11 Å². The summed E-state index contributed by atoms with van der Waals surface area (Å²) in [5, 5.41) is 12.1. The lowest BCUT2D eigenvalue weighted by Gasteiger charge is -2.19. The van der Waals surface area contributed by atoms with Crippen molar-refractivity contribution in [2.45, 2.75) is 25.8 Å². The molecule has 2 aromatic rings. The van der Waals surface area contributed by atoms with Gasteiger partial charge in [0.15, 0.2) is 0 Å². The molecule has 4 heteroatoms. The van der Waals surface area contributed by atoms with Crippen LogP contribution in [0.5, 0.6) is 0 Å². The van der Waals surface area contributed by atoms with Gasteiger partial charge in [-0.2, -0.15) is 0 Å². The molecule has 1 unspecified atom stereocenters. The van der Waals surface area contributed by atoms with Crippen LogP contribution in [0.2, 0.25) is 0 Å². The Morgan fingerprint density at radius 3 is 2.38 bits per heavy atom. The lowest BCUT2D eigenvalue weighted by Crippen LogP contribution is -2.11. The van der Waals surface area contributed by atoms with Crippen molar-refractivity contribution < 1.29 is 13.9 Å². The first kappa shape index (κ1) is 15.4. The Kier molecular flexibility index (Phi) is 5.28. The van der Waals surface area contributed by atoms with Crippen LogP contribution in [0.15, 0.2) is 42.5 Å². The molecule has 2 rings (SSSR count). The van der Waals surface area contributed by atoms with Crippen LogP contribution in [0.4, 0.5) is 14.5 Å². The van der Waals surface area contributed by atoms with Gasteiger partial charge in [0.1, 0.15) is 11.6 Å². The molecule has 1 atom stereocenters. The average molecular weight is 291 g/mol. The molecular formula is C17H19F2NO. The smallest absolute Gasteiger partial charge is 0.131 e. The monoisotopic (exact) mass is 291 g/mol. The predicted molar refractivity (Wildman–Crippen MR) is 80.2 cm³/mol. The fourth-order valence-corrected chi connectivity index (χ4v) is 2.28. The Hall–Kier alpha value is -1.94. The molecule has 0 amide bonds. The molecule has 0 aromatic heterocycles. The standard InChI is InChI=1S/C17H19F2NO/c1-2-17(15-8-5-13(18)11-16(15)19)20-14-6-3-12(4-7-14)9-10-21/h3-8,11,17,20-21H,2,9-10H2,1H3. The fraction of sp³-hybridized carbons (Fsp3) is 0.294. The first-order valence-electron chi connectivity index (χ1n) is 7.05. The van der Waals surface area contributed by atoms with E-state index in [-0.39, 0.29) is 12.6 Å². The van der Waals surface area contributed by atoms with Gasteiger partial charge in [-0.05, 0) is 36.6 Å². The minimum Gasteiger partial charge on any atom is -0.396 e. The van der Waals surface area contributed by atoms with Crippen LogP contribution < -0.4 is 5.32 Å². The molecule has 0 spiro atoms. The van der Waals surface area contributed by atoms with E-state index in [1.165, 1.54) is 12.1 Å². The lowest BCUT2D eigenvalue weighted by atomic mass is 10.0. The average Bonchev–Trinajstić information content (AvgIpc) is 2.47. The number of benzene rings is 2. The molecule has 2 N–H and O–H groups in total. The molecule has 0 radical (unpaired) electrons. The number of aliphatic hydroxyl groups excluding tert-OH is 1. The molecule has 0 bridgehead atoms. The molecular weight excluding hydrogens is 272 g/mol. The third kappa shape index (κ3) is 4.02. The molecule has 0 aliphatic carbocycles. The fourth-order valence-electron chi connectivity index (χ4n) is 2.28. The van der Waals surface area contributed by atoms with Gasteiger partial charge in [-0.1, -0.05) is 25.1 Å². The number of hydrogen-bond acceptors (Lipinski definition) is 2. The maximum Gasteiger partial charge on any atom is 0.131 e. The second-order valence-corrected chi connectivity index (χ2v) is 4.94. The Bertz CT molecular complexity index is 584. The summed E-state index contributed by atoms with van der Waals surface area (Å²) in [5.41, 5.74) is 2.37. The topological polar surface area (TPSA) is 32.3 Å². The number of rotatable bonds is 6. The zero-order valence-electron chi connectivity index (χ0n) is 11.9. The van der Waals surface area contributed by atoms with Crippen LogP contribution in [0.3, 0.4) is 0 Å². The minimum absolute atomic E-state index is 0.116. The van der Waals surface area contributed by atoms with E-state index in [0.29, 0.717) is 18.4 Å². The summed E-state index contributed by atoms with van der Waals surface area (Å²) in [4.78, 5) is 0. The molecule has 0 fully saturated rings. The Labute approximate surface area is 123 Å². The van der Waals surface area contributed by atoms with Crippen molar-refractivity contribution in [1.29, 1.82) is 0 Å². The van der Waals surface area contributed by atoms with Crippen LogP contribution in [-0.4, -0.2) is 11.7 Å². The van der Waals surface area contributed by atoms with E-state index in [1.807, 2.05) is 31.2 Å². The third-order valence-electron chi connectivity index (χ3n) is 3.44. The van der Waals surface area contributed by atoms with Gasteiger partial charge in [0, 0.05) is 23.9 Å². The van der Waals surface area contributed by atoms with E-state index in [1.54, 1.807) is 0 Å². The summed E-state index contributed by atoms with van der Waals surface area (Å²) in [6.07, 6.45) is 1.30. The zero-order valence-corrected chi connectivity index (χ0v) is 11.9. The van der Waals surface area contributed by atoms with Gasteiger partial charge in [-0.3, -0.25) is 0 Å². The molecule has 0 aliphatic rings. The normalized spacial score (nSPS) is 12.2. The molecule has 112 valence electrons. The van der Waals surface area contributed by atoms with Crippen molar-refractivity contribution in [1.82, 2.24) is 0 Å². The maximum atomic E-state index is 13.8. The van der Waals surface area contributed by atoms with Crippen LogP contribution in [-0.2, 0) is 6.42 Å². The number of hydrogen-bond donors (Lipinski definition) is 2. The highest BCUT2D eigenvalue weighted by Gasteiger charge is 2.14. The molecule has 0 aliphatic heterocycles. The second-order valence-electron chi connectivity index (χ2n) is 4.94. The van der Waals surface area contributed by atoms with Crippen molar-refractivity contribution >= 4 is 5.69 Å². The van der Waals surface area contributed by atoms with E-state index in [9.17, 15) is 8.78 Å². The lowest BCUT2D eigenvalue weighted by molar-refractivity contribution is 0.299. The van der Waals surface area contributed by atoms with Crippen molar-refractivity contribution in [2.75, 3.05) is 11.9 Å². The first-order chi connectivity index (χ1) is 10.1. The van der Waals surface area contributed by atoms with Crippen molar-refractivity contribution in [3.63, 3.8) is 0 Å². The maximum absolute atomic E-state index is 13.8. The minimum atomic E-state index is -0.570. The summed E-state index contributed by atoms with van der Waals surface area (Å²) in [7, 11) is 0. The van der Waals surface area contributed by atoms with E-state index in [2.05, 4.69) is 5.32 Å². The molecule has 0 saturated carbocycles. The number of anilines is 1. The molecule has 0 heterocycles. The van der Waals surface area contributed by atoms with E-state index >= 15 is 0 Å². The first-order valence-corrected chi connectivity index (χ1v) is 7.05. The summed E-state index contributed by atoms with van der Waals surface area (Å²) < 4.78 is 26.8. The summed E-state index contributed by atoms with van der Waals surface area (Å²) in [5.74, 6) is -1.11. The predicted octanol–water partition coefficient (Wildman–Crippen LogP) is 4.06. The van der Waals surface area contributed by atoms with Crippen LogP contribution in [0, 0.1) is 11.6 Å². The molecule has 21 heavy (non-hydrogen) atoms. The van der Waals surface area contributed by atoms with E-state index < -0.39 is 11.6 Å². The van der Waals surface area contributed by atoms with Crippen LogP contribution in [0.1, 0.15) is 30.5 Å². The number of aliphatic hydroxyl groups is 1. The Balaban J connectivity index is 2.14. The van der Waals surface area contributed by atoms with Gasteiger partial charge >= 0.3 is 0 Å². The van der Waals surface area contributed by atoms with Gasteiger partial charge < -0.3 is 10.4 Å². The van der Waals surface area contributed by atoms with Crippen LogP contribution >= 0.6 is 0 Å². The quantitative estimate of drug-likeness (QED) is 0.841. The van der Waals surface area contributed by atoms with Crippen molar-refractivity contribution in [2.24, 2.45) is 0 Å². The highest BCUT2D eigenvalue weighted by molar-refractivity contribution is 5.47. The van der Waals surface area contributed by atoms with Crippen molar-refractivity contribution in [3.05, 3.63) is 65.2 Å². The second kappa shape index (κ2) is 7.18. The van der Waals surface area contributed by atoms with Gasteiger partial charge in [0.05, 0.1) is 6.04 Å².